The Kier molecular flexibility index (Phi) is 6.18. The number of fused-ring (bicyclic) bond motifs is 2. The minimum atomic E-state index is -0.852. The van der Waals surface area contributed by atoms with E-state index in [1.807, 2.05) is 36.5 Å². The van der Waals surface area contributed by atoms with Gasteiger partial charge in [0.15, 0.2) is 4.77 Å². The number of esters is 1. The fraction of sp³-hybridized carbons (Fsp3) is 0.217. The van der Waals surface area contributed by atoms with E-state index in [1.54, 1.807) is 18.2 Å². The number of aromatic amines is 2. The summed E-state index contributed by atoms with van der Waals surface area (Å²) in [5, 5.41) is 4.20. The van der Waals surface area contributed by atoms with E-state index in [-0.39, 0.29) is 35.6 Å². The van der Waals surface area contributed by atoms with Crippen molar-refractivity contribution in [2.24, 2.45) is 0 Å². The van der Waals surface area contributed by atoms with Gasteiger partial charge in [0.05, 0.1) is 18.0 Å². The zero-order valence-corrected chi connectivity index (χ0v) is 18.2. The Hall–Kier alpha value is -3.72. The molecule has 0 saturated carbocycles. The SMILES string of the molecule is COC(=O)[C@@H](Cc1c[nH]c2ccccc12)NC(=O)CCn1c(=S)[nH]c2ccccc2c1=O. The number of ether oxygens (including phenoxy) is 1. The molecule has 9 heteroatoms. The summed E-state index contributed by atoms with van der Waals surface area (Å²) in [6, 6.07) is 13.9. The molecule has 0 aliphatic heterocycles. The van der Waals surface area contributed by atoms with Crippen LogP contribution in [-0.4, -0.2) is 39.6 Å². The first-order valence-corrected chi connectivity index (χ1v) is 10.5. The van der Waals surface area contributed by atoms with Crippen LogP contribution in [0, 0.1) is 4.77 Å². The molecule has 0 aliphatic carbocycles. The van der Waals surface area contributed by atoms with E-state index in [0.29, 0.717) is 10.9 Å². The number of amides is 1. The molecule has 32 heavy (non-hydrogen) atoms. The molecule has 1 atom stereocenters. The first kappa shape index (κ1) is 21.5. The number of benzene rings is 2. The predicted molar refractivity (Wildman–Crippen MR) is 124 cm³/mol. The Balaban J connectivity index is 1.49. The Morgan fingerprint density at radius 1 is 1.09 bits per heavy atom. The van der Waals surface area contributed by atoms with Gasteiger partial charge in [-0.15, -0.1) is 0 Å². The van der Waals surface area contributed by atoms with Crippen LogP contribution in [0.2, 0.25) is 0 Å². The van der Waals surface area contributed by atoms with Crippen LogP contribution in [0.4, 0.5) is 0 Å². The zero-order chi connectivity index (χ0) is 22.7. The third kappa shape index (κ3) is 4.33. The highest BCUT2D eigenvalue weighted by Crippen LogP contribution is 2.19. The van der Waals surface area contributed by atoms with E-state index >= 15 is 0 Å². The van der Waals surface area contributed by atoms with E-state index in [0.717, 1.165) is 16.5 Å². The molecular weight excluding hydrogens is 428 g/mol. The summed E-state index contributed by atoms with van der Waals surface area (Å²) >= 11 is 5.29. The molecule has 2 aromatic carbocycles. The van der Waals surface area contributed by atoms with Gasteiger partial charge in [0.2, 0.25) is 5.91 Å². The van der Waals surface area contributed by atoms with Crippen molar-refractivity contribution in [3.63, 3.8) is 0 Å². The molecule has 0 bridgehead atoms. The summed E-state index contributed by atoms with van der Waals surface area (Å²) in [7, 11) is 1.28. The number of aromatic nitrogens is 3. The number of nitrogens with one attached hydrogen (secondary N) is 3. The molecule has 2 aromatic heterocycles. The van der Waals surface area contributed by atoms with Gasteiger partial charge in [0.1, 0.15) is 6.04 Å². The van der Waals surface area contributed by atoms with Gasteiger partial charge < -0.3 is 20.0 Å². The van der Waals surface area contributed by atoms with Gasteiger partial charge in [-0.05, 0) is 36.0 Å². The van der Waals surface area contributed by atoms with Crippen LogP contribution in [0.1, 0.15) is 12.0 Å². The molecular formula is C23H22N4O4S. The number of nitrogens with zero attached hydrogens (tertiary/aromatic N) is 1. The van der Waals surface area contributed by atoms with Gasteiger partial charge in [0, 0.05) is 36.5 Å². The maximum absolute atomic E-state index is 12.7. The molecule has 0 aliphatic rings. The van der Waals surface area contributed by atoms with Crippen LogP contribution < -0.4 is 10.9 Å². The van der Waals surface area contributed by atoms with Gasteiger partial charge >= 0.3 is 5.97 Å². The molecule has 0 unspecified atom stereocenters. The summed E-state index contributed by atoms with van der Waals surface area (Å²) in [4.78, 5) is 43.9. The first-order chi connectivity index (χ1) is 15.5. The van der Waals surface area contributed by atoms with Gasteiger partial charge in [-0.3, -0.25) is 14.2 Å². The second-order valence-corrected chi connectivity index (χ2v) is 7.78. The number of rotatable bonds is 7. The zero-order valence-electron chi connectivity index (χ0n) is 17.4. The summed E-state index contributed by atoms with van der Waals surface area (Å²) in [5.74, 6) is -0.918. The van der Waals surface area contributed by atoms with E-state index < -0.39 is 12.0 Å². The fourth-order valence-corrected chi connectivity index (χ4v) is 4.02. The van der Waals surface area contributed by atoms with Crippen molar-refractivity contribution >= 4 is 45.9 Å². The van der Waals surface area contributed by atoms with Crippen molar-refractivity contribution in [2.75, 3.05) is 7.11 Å². The lowest BCUT2D eigenvalue weighted by Crippen LogP contribution is -2.43. The fourth-order valence-electron chi connectivity index (χ4n) is 3.74. The number of carbonyl (C=O) groups is 2. The quantitative estimate of drug-likeness (QED) is 0.296. The van der Waals surface area contributed by atoms with Crippen molar-refractivity contribution in [1.29, 1.82) is 0 Å². The Morgan fingerprint density at radius 3 is 2.53 bits per heavy atom. The van der Waals surface area contributed by atoms with Gasteiger partial charge in [-0.1, -0.05) is 30.3 Å². The summed E-state index contributed by atoms with van der Waals surface area (Å²) in [6.45, 7) is 0.0891. The van der Waals surface area contributed by atoms with Crippen LogP contribution >= 0.6 is 12.2 Å². The number of para-hydroxylation sites is 2. The van der Waals surface area contributed by atoms with Crippen molar-refractivity contribution < 1.29 is 14.3 Å². The average Bonchev–Trinajstić information content (AvgIpc) is 3.21. The lowest BCUT2D eigenvalue weighted by atomic mass is 10.0. The van der Waals surface area contributed by atoms with Crippen LogP contribution in [0.25, 0.3) is 21.8 Å². The van der Waals surface area contributed by atoms with Crippen molar-refractivity contribution in [3.8, 4) is 0 Å². The van der Waals surface area contributed by atoms with Crippen LogP contribution in [0.15, 0.2) is 59.5 Å². The van der Waals surface area contributed by atoms with Crippen molar-refractivity contribution in [1.82, 2.24) is 19.9 Å². The highest BCUT2D eigenvalue weighted by Gasteiger charge is 2.23. The molecule has 0 saturated heterocycles. The lowest BCUT2D eigenvalue weighted by Gasteiger charge is -2.16. The molecule has 2 heterocycles. The van der Waals surface area contributed by atoms with E-state index in [9.17, 15) is 14.4 Å². The highest BCUT2D eigenvalue weighted by molar-refractivity contribution is 7.71. The third-order valence-electron chi connectivity index (χ3n) is 5.37. The Labute approximate surface area is 188 Å². The number of H-pyrrole nitrogens is 2. The second-order valence-electron chi connectivity index (χ2n) is 7.39. The smallest absolute Gasteiger partial charge is 0.328 e. The molecule has 4 rings (SSSR count). The number of hydrogen-bond donors (Lipinski definition) is 3. The minimum absolute atomic E-state index is 0.0168. The lowest BCUT2D eigenvalue weighted by molar-refractivity contribution is -0.145. The third-order valence-corrected chi connectivity index (χ3v) is 5.69. The van der Waals surface area contributed by atoms with Gasteiger partial charge in [-0.25, -0.2) is 4.79 Å². The van der Waals surface area contributed by atoms with Crippen LogP contribution in [0.5, 0.6) is 0 Å². The molecule has 164 valence electrons. The number of methoxy groups -OCH3 is 1. The monoisotopic (exact) mass is 450 g/mol. The summed E-state index contributed by atoms with van der Waals surface area (Å²) in [6.07, 6.45) is 2.08. The van der Waals surface area contributed by atoms with Crippen molar-refractivity contribution in [3.05, 3.63) is 75.4 Å². The largest absolute Gasteiger partial charge is 0.467 e. The molecule has 0 spiro atoms. The molecule has 3 N–H and O–H groups in total. The molecule has 8 nitrogen and oxygen atoms in total. The minimum Gasteiger partial charge on any atom is -0.467 e. The maximum atomic E-state index is 12.7. The molecule has 0 radical (unpaired) electrons. The highest BCUT2D eigenvalue weighted by atomic mass is 32.1. The van der Waals surface area contributed by atoms with E-state index in [2.05, 4.69) is 15.3 Å². The topological polar surface area (TPSA) is 109 Å². The number of carbonyl (C=O) groups excluding carboxylic acids is 2. The van der Waals surface area contributed by atoms with Gasteiger partial charge in [-0.2, -0.15) is 0 Å². The Morgan fingerprint density at radius 2 is 1.78 bits per heavy atom. The van der Waals surface area contributed by atoms with E-state index in [1.165, 1.54) is 11.7 Å². The normalized spacial score (nSPS) is 12.0. The Bertz CT molecular complexity index is 1420. The van der Waals surface area contributed by atoms with E-state index in [4.69, 9.17) is 17.0 Å². The molecule has 0 fully saturated rings. The summed E-state index contributed by atoms with van der Waals surface area (Å²) < 4.78 is 6.47. The standard InChI is InChI=1S/C23H22N4O4S/c1-31-22(30)19(12-14-13-24-17-8-4-2-6-15(14)17)25-20(28)10-11-27-21(29)16-7-3-5-9-18(16)26-23(27)32/h2-9,13,19,24H,10-12H2,1H3,(H,25,28)(H,26,32)/t19-/m1/s1. The van der Waals surface area contributed by atoms with Crippen LogP contribution in [0.3, 0.4) is 0 Å². The van der Waals surface area contributed by atoms with Crippen LogP contribution in [-0.2, 0) is 27.3 Å². The first-order valence-electron chi connectivity index (χ1n) is 10.1. The number of hydrogen-bond acceptors (Lipinski definition) is 5. The summed E-state index contributed by atoms with van der Waals surface area (Å²) in [5.41, 5.74) is 2.22. The average molecular weight is 451 g/mol. The molecule has 4 aromatic rings. The maximum Gasteiger partial charge on any atom is 0.328 e. The second kappa shape index (κ2) is 9.19. The predicted octanol–water partition coefficient (Wildman–Crippen LogP) is 2.83. The van der Waals surface area contributed by atoms with Crippen molar-refractivity contribution in [2.45, 2.75) is 25.4 Å². The molecule has 1 amide bonds. The van der Waals surface area contributed by atoms with Gasteiger partial charge in [0.25, 0.3) is 5.56 Å².